The highest BCUT2D eigenvalue weighted by Crippen LogP contribution is 2.30. The third-order valence-corrected chi connectivity index (χ3v) is 5.65. The molecule has 3 aromatic heterocycles. The van der Waals surface area contributed by atoms with Gasteiger partial charge in [0.2, 0.25) is 0 Å². The first-order valence-electron chi connectivity index (χ1n) is 10.4. The van der Waals surface area contributed by atoms with Gasteiger partial charge in [0.1, 0.15) is 5.82 Å². The number of nitrogens with one attached hydrogen (secondary N) is 1. The van der Waals surface area contributed by atoms with Gasteiger partial charge in [0.15, 0.2) is 0 Å². The minimum absolute atomic E-state index is 0.507. The molecule has 0 radical (unpaired) electrons. The lowest BCUT2D eigenvalue weighted by Gasteiger charge is -2.31. The molecule has 1 N–H and O–H groups in total. The van der Waals surface area contributed by atoms with E-state index in [1.54, 1.807) is 0 Å². The van der Waals surface area contributed by atoms with Gasteiger partial charge in [0.05, 0.1) is 5.69 Å². The Morgan fingerprint density at radius 3 is 2.52 bits per heavy atom. The van der Waals surface area contributed by atoms with Gasteiger partial charge in [-0.15, -0.1) is 0 Å². The summed E-state index contributed by atoms with van der Waals surface area (Å²) in [4.78, 5) is 11.9. The number of hydrogen-bond acceptors (Lipinski definition) is 5. The predicted molar refractivity (Wildman–Crippen MR) is 116 cm³/mol. The van der Waals surface area contributed by atoms with Gasteiger partial charge in [0, 0.05) is 54.0 Å². The molecule has 29 heavy (non-hydrogen) atoms. The van der Waals surface area contributed by atoms with Crippen LogP contribution in [-0.2, 0) is 13.6 Å². The summed E-state index contributed by atoms with van der Waals surface area (Å²) in [6.07, 6.45) is 4.41. The third-order valence-electron chi connectivity index (χ3n) is 5.65. The number of piperidine rings is 1. The summed E-state index contributed by atoms with van der Waals surface area (Å²) in [5.41, 5.74) is 6.78. The molecule has 1 saturated heterocycles. The van der Waals surface area contributed by atoms with E-state index in [-0.39, 0.29) is 0 Å². The summed E-state index contributed by atoms with van der Waals surface area (Å²) in [6, 6.07) is 10.3. The van der Waals surface area contributed by atoms with Crippen molar-refractivity contribution in [2.75, 3.05) is 18.4 Å². The monoisotopic (exact) mass is 390 g/mol. The second-order valence-electron chi connectivity index (χ2n) is 8.18. The van der Waals surface area contributed by atoms with Crippen molar-refractivity contribution in [1.29, 1.82) is 0 Å². The average Bonchev–Trinajstić information content (AvgIpc) is 2.99. The Bertz CT molecular complexity index is 985. The number of aryl methyl sites for hydroxylation is 4. The lowest BCUT2D eigenvalue weighted by Crippen LogP contribution is -2.32. The van der Waals surface area contributed by atoms with Crippen molar-refractivity contribution in [3.63, 3.8) is 0 Å². The van der Waals surface area contributed by atoms with Crippen molar-refractivity contribution >= 4 is 11.5 Å². The maximum atomic E-state index is 4.85. The van der Waals surface area contributed by atoms with Crippen LogP contribution in [0.2, 0.25) is 0 Å². The number of aromatic nitrogens is 4. The van der Waals surface area contributed by atoms with E-state index in [0.717, 1.165) is 61.1 Å². The second kappa shape index (κ2) is 8.33. The molecule has 4 heterocycles. The average molecular weight is 391 g/mol. The number of likely N-dealkylation sites (tertiary alicyclic amines) is 1. The van der Waals surface area contributed by atoms with Crippen LogP contribution in [0.15, 0.2) is 36.5 Å². The maximum absolute atomic E-state index is 4.85. The summed E-state index contributed by atoms with van der Waals surface area (Å²) < 4.78 is 1.91. The molecule has 0 aliphatic carbocycles. The van der Waals surface area contributed by atoms with Gasteiger partial charge in [-0.1, -0.05) is 6.07 Å². The van der Waals surface area contributed by atoms with E-state index >= 15 is 0 Å². The molecular weight excluding hydrogens is 360 g/mol. The molecule has 3 aromatic rings. The first-order chi connectivity index (χ1) is 14.0. The van der Waals surface area contributed by atoms with Crippen molar-refractivity contribution in [3.8, 4) is 0 Å². The first kappa shape index (κ1) is 19.6. The predicted octanol–water partition coefficient (Wildman–Crippen LogP) is 4.26. The molecule has 1 fully saturated rings. The summed E-state index contributed by atoms with van der Waals surface area (Å²) in [6.45, 7) is 9.34. The zero-order chi connectivity index (χ0) is 20.4. The van der Waals surface area contributed by atoms with Crippen molar-refractivity contribution in [1.82, 2.24) is 24.6 Å². The summed E-state index contributed by atoms with van der Waals surface area (Å²) >= 11 is 0. The van der Waals surface area contributed by atoms with Crippen LogP contribution >= 0.6 is 0 Å². The fraction of sp³-hybridized carbons (Fsp3) is 0.435. The SMILES string of the molecule is Cc1cccc(Nc2cc(C)nc(C3CCN(Cc4cn(C)nc4C)CC3)c2)n1. The van der Waals surface area contributed by atoms with Gasteiger partial charge < -0.3 is 5.32 Å². The standard InChI is InChI=1S/C23H30N6/c1-16-6-5-7-23(25-16)26-21-12-17(2)24-22(13-21)19-8-10-29(11-9-19)15-20-14-28(4)27-18(20)3/h5-7,12-14,19H,8-11,15H2,1-4H3,(H,24,25,26). The number of pyridine rings is 2. The maximum Gasteiger partial charge on any atom is 0.130 e. The molecule has 0 atom stereocenters. The molecule has 0 aromatic carbocycles. The van der Waals surface area contributed by atoms with Crippen molar-refractivity contribution in [2.24, 2.45) is 7.05 Å². The van der Waals surface area contributed by atoms with Crippen LogP contribution in [-0.4, -0.2) is 37.7 Å². The van der Waals surface area contributed by atoms with Crippen molar-refractivity contribution in [2.45, 2.75) is 46.1 Å². The Morgan fingerprint density at radius 2 is 1.83 bits per heavy atom. The van der Waals surface area contributed by atoms with Gasteiger partial charge in [-0.25, -0.2) is 4.98 Å². The highest BCUT2D eigenvalue weighted by Gasteiger charge is 2.23. The van der Waals surface area contributed by atoms with Gasteiger partial charge >= 0.3 is 0 Å². The number of rotatable bonds is 5. The minimum atomic E-state index is 0.507. The lowest BCUT2D eigenvalue weighted by atomic mass is 9.92. The smallest absolute Gasteiger partial charge is 0.130 e. The molecule has 1 aliphatic rings. The van der Waals surface area contributed by atoms with E-state index in [1.165, 1.54) is 11.3 Å². The van der Waals surface area contributed by atoms with E-state index in [1.807, 2.05) is 36.9 Å². The number of anilines is 2. The zero-order valence-electron chi connectivity index (χ0n) is 17.8. The molecule has 0 spiro atoms. The molecular formula is C23H30N6. The van der Waals surface area contributed by atoms with Gasteiger partial charge in [0.25, 0.3) is 0 Å². The van der Waals surface area contributed by atoms with Crippen LogP contribution in [0.4, 0.5) is 11.5 Å². The molecule has 0 unspecified atom stereocenters. The van der Waals surface area contributed by atoms with Crippen LogP contribution in [0.3, 0.4) is 0 Å². The van der Waals surface area contributed by atoms with Gasteiger partial charge in [-0.2, -0.15) is 5.10 Å². The second-order valence-corrected chi connectivity index (χ2v) is 8.18. The molecule has 4 rings (SSSR count). The molecule has 152 valence electrons. The fourth-order valence-electron chi connectivity index (χ4n) is 4.17. The molecule has 0 amide bonds. The van der Waals surface area contributed by atoms with Crippen molar-refractivity contribution < 1.29 is 0 Å². The third kappa shape index (κ3) is 4.82. The first-order valence-corrected chi connectivity index (χ1v) is 10.4. The number of nitrogens with zero attached hydrogens (tertiary/aromatic N) is 5. The van der Waals surface area contributed by atoms with Crippen LogP contribution in [0.5, 0.6) is 0 Å². The molecule has 0 saturated carbocycles. The summed E-state index contributed by atoms with van der Waals surface area (Å²) in [7, 11) is 1.99. The van der Waals surface area contributed by atoms with E-state index in [2.05, 4.69) is 52.5 Å². The Kier molecular flexibility index (Phi) is 5.62. The van der Waals surface area contributed by atoms with Gasteiger partial charge in [-0.05, 0) is 71.0 Å². The minimum Gasteiger partial charge on any atom is -0.340 e. The Hall–Kier alpha value is -2.73. The van der Waals surface area contributed by atoms with Crippen LogP contribution in [0.1, 0.15) is 47.1 Å². The van der Waals surface area contributed by atoms with E-state index in [9.17, 15) is 0 Å². The summed E-state index contributed by atoms with van der Waals surface area (Å²) in [5, 5.41) is 7.91. The van der Waals surface area contributed by atoms with Crippen LogP contribution in [0.25, 0.3) is 0 Å². The Balaban J connectivity index is 1.41. The molecule has 6 nitrogen and oxygen atoms in total. The van der Waals surface area contributed by atoms with Crippen molar-refractivity contribution in [3.05, 3.63) is 64.9 Å². The number of hydrogen-bond donors (Lipinski definition) is 1. The zero-order valence-corrected chi connectivity index (χ0v) is 17.8. The molecule has 1 aliphatic heterocycles. The quantitative estimate of drug-likeness (QED) is 0.705. The van der Waals surface area contributed by atoms with Crippen LogP contribution in [0, 0.1) is 20.8 Å². The highest BCUT2D eigenvalue weighted by molar-refractivity contribution is 5.57. The summed E-state index contributed by atoms with van der Waals surface area (Å²) in [5.74, 6) is 1.38. The Morgan fingerprint density at radius 1 is 1.03 bits per heavy atom. The van der Waals surface area contributed by atoms with E-state index in [0.29, 0.717) is 5.92 Å². The lowest BCUT2D eigenvalue weighted by molar-refractivity contribution is 0.203. The van der Waals surface area contributed by atoms with E-state index in [4.69, 9.17) is 4.98 Å². The van der Waals surface area contributed by atoms with Gasteiger partial charge in [-0.3, -0.25) is 14.6 Å². The van der Waals surface area contributed by atoms with E-state index < -0.39 is 0 Å². The molecule has 6 heteroatoms. The highest BCUT2D eigenvalue weighted by atomic mass is 15.3. The topological polar surface area (TPSA) is 58.9 Å². The molecule has 0 bridgehead atoms. The fourth-order valence-corrected chi connectivity index (χ4v) is 4.17. The van der Waals surface area contributed by atoms with Crippen LogP contribution < -0.4 is 5.32 Å². The normalized spacial score (nSPS) is 15.6. The largest absolute Gasteiger partial charge is 0.340 e. The Labute approximate surface area is 173 Å².